The zero-order chi connectivity index (χ0) is 73.4. The second-order valence-electron chi connectivity index (χ2n) is 25.3. The van der Waals surface area contributed by atoms with Crippen LogP contribution in [0.4, 0.5) is 15.3 Å². The number of primary amides is 1. The van der Waals surface area contributed by atoms with Gasteiger partial charge in [-0.3, -0.25) is 38.5 Å². The van der Waals surface area contributed by atoms with Crippen molar-refractivity contribution >= 4 is 65.1 Å². The summed E-state index contributed by atoms with van der Waals surface area (Å²) >= 11 is 0. The van der Waals surface area contributed by atoms with Gasteiger partial charge in [-0.1, -0.05) is 111 Å². The van der Waals surface area contributed by atoms with Gasteiger partial charge in [-0.05, 0) is 73.1 Å². The van der Waals surface area contributed by atoms with E-state index in [4.69, 9.17) is 44.8 Å². The van der Waals surface area contributed by atoms with Gasteiger partial charge in [0.1, 0.15) is 30.8 Å². The van der Waals surface area contributed by atoms with Crippen molar-refractivity contribution in [2.24, 2.45) is 35.3 Å². The summed E-state index contributed by atoms with van der Waals surface area (Å²) in [7, 11) is 4.38. The van der Waals surface area contributed by atoms with Gasteiger partial charge in [0.2, 0.25) is 41.4 Å². The lowest BCUT2D eigenvalue weighted by molar-refractivity contribution is -0.147. The molecule has 10 amide bonds. The van der Waals surface area contributed by atoms with Crippen LogP contribution in [-0.2, 0) is 89.4 Å². The van der Waals surface area contributed by atoms with Crippen molar-refractivity contribution in [3.05, 3.63) is 65.7 Å². The number of ether oxygens (including phenoxy) is 7. The second-order valence-corrected chi connectivity index (χ2v) is 25.3. The lowest BCUT2D eigenvalue weighted by Crippen LogP contribution is -2.57. The third kappa shape index (κ3) is 30.8. The minimum absolute atomic E-state index is 0.0437. The van der Waals surface area contributed by atoms with Crippen LogP contribution < -0.4 is 43.5 Å². The second kappa shape index (κ2) is 47.5. The quantitative estimate of drug-likeness (QED) is 0.0337. The highest BCUT2D eigenvalue weighted by Crippen LogP contribution is 2.30. The summed E-state index contributed by atoms with van der Waals surface area (Å²) in [5.74, 6) is -1.52. The van der Waals surface area contributed by atoms with Gasteiger partial charge in [-0.2, -0.15) is 0 Å². The Morgan fingerprint density at radius 2 is 1.31 bits per heavy atom. The number of likely N-dealkylation sites (N-methyl/N-ethyl adjacent to an activating group) is 1. The molecule has 1 saturated heterocycles. The van der Waals surface area contributed by atoms with Crippen LogP contribution in [0.1, 0.15) is 124 Å². The van der Waals surface area contributed by atoms with Crippen molar-refractivity contribution in [1.82, 2.24) is 41.3 Å². The molecule has 2 aromatic rings. The number of rotatable bonds is 50. The van der Waals surface area contributed by atoms with Crippen molar-refractivity contribution in [3.8, 4) is 0 Å². The van der Waals surface area contributed by atoms with Crippen LogP contribution in [0.25, 0.3) is 0 Å². The molecule has 30 nitrogen and oxygen atoms in total. The van der Waals surface area contributed by atoms with Crippen LogP contribution in [0.3, 0.4) is 0 Å². The van der Waals surface area contributed by atoms with Crippen molar-refractivity contribution in [2.45, 2.75) is 175 Å². The van der Waals surface area contributed by atoms with Gasteiger partial charge < -0.3 is 90.5 Å². The first-order valence-electron chi connectivity index (χ1n) is 34.4. The van der Waals surface area contributed by atoms with Gasteiger partial charge in [0.25, 0.3) is 0 Å². The number of carbonyl (C=O) groups excluding carboxylic acids is 9. The SMILES string of the molecule is CCCCN(C(=O)CNC(=O)[C@H](C(C)C)N(C)C(=O)OCc1ccc(NC(=O)C(CCCNC(N)=O)NC(=O)[C@@H](NC(=O)CCOCCOCCOCCOCCON)C(C)C)cc1)C([C@@H](C)CC)[C@@H](CC(=O)N1CCC[C@H]1[C@H](OC)[C@@H](C)C(=O)N[C@@H](Cc1ccccc1)C(=O)O)OC. The van der Waals surface area contributed by atoms with Gasteiger partial charge in [0, 0.05) is 59.4 Å². The summed E-state index contributed by atoms with van der Waals surface area (Å²) < 4.78 is 39.4. The number of hydrogen-bond donors (Lipinski definition) is 9. The molecule has 99 heavy (non-hydrogen) atoms. The fraction of sp³-hybridized carbons (Fsp3) is 0.681. The summed E-state index contributed by atoms with van der Waals surface area (Å²) in [6.45, 7) is 17.5. The smallest absolute Gasteiger partial charge is 0.410 e. The minimum atomic E-state index is -1.19. The number of carboxylic acids is 1. The van der Waals surface area contributed by atoms with Crippen LogP contribution >= 0.6 is 0 Å². The number of hydrogen-bond acceptors (Lipinski definition) is 19. The van der Waals surface area contributed by atoms with Gasteiger partial charge in [0.05, 0.1) is 103 Å². The molecule has 11 N–H and O–H groups in total. The molecule has 2 unspecified atom stereocenters. The molecule has 1 aliphatic heterocycles. The maximum atomic E-state index is 14.6. The lowest BCUT2D eigenvalue weighted by Gasteiger charge is -2.41. The number of anilines is 1. The van der Waals surface area contributed by atoms with Crippen molar-refractivity contribution < 1.29 is 91.0 Å². The molecule has 30 heteroatoms. The first kappa shape index (κ1) is 85.6. The number of carboxylic acid groups (broad SMARTS) is 1. The molecule has 10 atom stereocenters. The molecule has 0 radical (unpaired) electrons. The van der Waals surface area contributed by atoms with Crippen LogP contribution in [0.15, 0.2) is 54.6 Å². The van der Waals surface area contributed by atoms with Crippen LogP contribution in [0.2, 0.25) is 0 Å². The topological polar surface area (TPSA) is 399 Å². The summed E-state index contributed by atoms with van der Waals surface area (Å²) in [4.78, 5) is 144. The molecule has 0 aliphatic carbocycles. The third-order valence-electron chi connectivity index (χ3n) is 17.2. The Balaban J connectivity index is 1.63. The number of unbranched alkanes of at least 4 members (excludes halogenated alkanes) is 1. The number of methoxy groups -OCH3 is 2. The number of nitrogens with one attached hydrogen (secondary N) is 6. The Morgan fingerprint density at radius 1 is 0.697 bits per heavy atom. The van der Waals surface area contributed by atoms with Gasteiger partial charge >= 0.3 is 18.1 Å². The van der Waals surface area contributed by atoms with Crippen molar-refractivity contribution in [3.63, 3.8) is 0 Å². The summed E-state index contributed by atoms with van der Waals surface area (Å²) in [6, 6.07) is 9.08. The Hall–Kier alpha value is -7.58. The summed E-state index contributed by atoms with van der Waals surface area (Å²) in [5.41, 5.74) is 6.85. The number of nitrogens with two attached hydrogens (primary N) is 2. The van der Waals surface area contributed by atoms with Crippen LogP contribution in [0, 0.1) is 23.7 Å². The molecule has 1 aliphatic rings. The zero-order valence-corrected chi connectivity index (χ0v) is 59.9. The number of amides is 10. The number of likely N-dealkylation sites (tertiary alicyclic amines) is 1. The number of benzene rings is 2. The summed E-state index contributed by atoms with van der Waals surface area (Å²) in [6.07, 6.45) is 0.994. The normalized spacial score (nSPS) is 15.7. The molecule has 1 fully saturated rings. The predicted octanol–water partition coefficient (Wildman–Crippen LogP) is 3.66. The fourth-order valence-corrected chi connectivity index (χ4v) is 11.6. The number of carbonyl (C=O) groups is 10. The van der Waals surface area contributed by atoms with Gasteiger partial charge in [0.15, 0.2) is 0 Å². The Labute approximate surface area is 583 Å². The summed E-state index contributed by atoms with van der Waals surface area (Å²) in [5, 5.41) is 26.2. The zero-order valence-electron chi connectivity index (χ0n) is 59.9. The van der Waals surface area contributed by atoms with Crippen LogP contribution in [-0.4, -0.2) is 235 Å². The molecule has 1 heterocycles. The van der Waals surface area contributed by atoms with E-state index in [9.17, 15) is 53.1 Å². The van der Waals surface area contributed by atoms with Crippen molar-refractivity contribution in [1.29, 1.82) is 0 Å². The highest BCUT2D eigenvalue weighted by molar-refractivity contribution is 5.98. The molecule has 0 spiro atoms. The van der Waals surface area contributed by atoms with E-state index in [-0.39, 0.29) is 82.8 Å². The van der Waals surface area contributed by atoms with E-state index >= 15 is 0 Å². The largest absolute Gasteiger partial charge is 0.480 e. The molecule has 3 rings (SSSR count). The maximum Gasteiger partial charge on any atom is 0.410 e. The van der Waals surface area contributed by atoms with E-state index in [0.29, 0.717) is 89.7 Å². The van der Waals surface area contributed by atoms with E-state index < -0.39 is 120 Å². The Bertz CT molecular complexity index is 2770. The minimum Gasteiger partial charge on any atom is -0.480 e. The van der Waals surface area contributed by atoms with E-state index in [1.807, 2.05) is 26.8 Å². The number of aliphatic carboxylic acids is 1. The van der Waals surface area contributed by atoms with E-state index in [2.05, 4.69) is 36.7 Å². The highest BCUT2D eigenvalue weighted by atomic mass is 16.6. The average molecular weight is 1400 g/mol. The molecule has 2 aromatic carbocycles. The van der Waals surface area contributed by atoms with Crippen LogP contribution in [0.5, 0.6) is 0 Å². The molecule has 0 aromatic heterocycles. The molecule has 0 bridgehead atoms. The van der Waals surface area contributed by atoms with Crippen molar-refractivity contribution in [2.75, 3.05) is 112 Å². The highest BCUT2D eigenvalue weighted by Gasteiger charge is 2.43. The van der Waals surface area contributed by atoms with Gasteiger partial charge in [-0.25, -0.2) is 20.3 Å². The fourth-order valence-electron chi connectivity index (χ4n) is 11.6. The Morgan fingerprint density at radius 3 is 1.87 bits per heavy atom. The molecular formula is C69H113N11O19. The Kier molecular flexibility index (Phi) is 41.1. The third-order valence-corrected chi connectivity index (χ3v) is 17.2. The predicted molar refractivity (Wildman–Crippen MR) is 368 cm³/mol. The lowest BCUT2D eigenvalue weighted by atomic mass is 9.89. The molecule has 558 valence electrons. The number of urea groups is 1. The first-order valence-corrected chi connectivity index (χ1v) is 34.4. The monoisotopic (exact) mass is 1400 g/mol. The van der Waals surface area contributed by atoms with Gasteiger partial charge in [-0.15, -0.1) is 0 Å². The van der Waals surface area contributed by atoms with E-state index in [1.165, 1.54) is 21.3 Å². The number of nitrogens with zero attached hydrogens (tertiary/aromatic N) is 3. The first-order chi connectivity index (χ1) is 47.3. The maximum absolute atomic E-state index is 14.6. The molecule has 0 saturated carbocycles. The van der Waals surface area contributed by atoms with E-state index in [1.54, 1.807) is 92.9 Å². The molecular weight excluding hydrogens is 1290 g/mol. The standard InChI is InChI=1S/C69H113N11O19/c1-12-14-30-80(61(47(7)13-2)55(92-10)42-57(82)79-31-19-23-54(79)62(93-11)48(8)63(84)76-53(67(88)89)41-49-20-16-15-17-21-49)58(83)43-73-66(87)60(46(5)6)78(9)69(91)98-44-50-24-26-51(27-25-50)74-64(85)52(22-18-29-72-68(70)90)75-65(86)59(45(3)4)77-56(81)28-32-94-33-34-95-35-36-96-37-38-97-39-40-99-71/h15-17,20-21,24-27,45-48,52-55,59-62H,12-14,18-19,22-23,28-44,71H2,1-11H3,(H,73,87)(H,74,85)(H,75,86)(H,76,84)(H,77,81)(H,88,89)(H3,70,72,90)/t47-,48+,52?,53-,54-,55+,59-,60-,61?,62+/m0/s1. The average Bonchev–Trinajstić information content (AvgIpc) is 1.46. The van der Waals surface area contributed by atoms with E-state index in [0.717, 1.165) is 16.9 Å².